The number of aryl methyl sites for hydroxylation is 2. The van der Waals surface area contributed by atoms with E-state index in [2.05, 4.69) is 37.0 Å². The summed E-state index contributed by atoms with van der Waals surface area (Å²) in [7, 11) is 0. The maximum atomic E-state index is 11.3. The third-order valence-corrected chi connectivity index (χ3v) is 4.20. The second-order valence-corrected chi connectivity index (χ2v) is 6.37. The van der Waals surface area contributed by atoms with Crippen LogP contribution in [0.15, 0.2) is 27.3 Å². The number of aliphatic hydroxyl groups excluding tert-OH is 1. The van der Waals surface area contributed by atoms with E-state index >= 15 is 0 Å². The number of halogens is 2. The Morgan fingerprint density at radius 2 is 1.95 bits per heavy atom. The lowest BCUT2D eigenvalue weighted by molar-refractivity contribution is 0.0688. The monoisotopic (exact) mass is 416 g/mol. The molecule has 21 heavy (non-hydrogen) atoms. The first-order chi connectivity index (χ1) is 9.93. The molecule has 112 valence electrons. The van der Waals surface area contributed by atoms with E-state index in [1.165, 1.54) is 0 Å². The van der Waals surface area contributed by atoms with Crippen molar-refractivity contribution in [3.05, 3.63) is 44.1 Å². The largest absolute Gasteiger partial charge is 0.476 e. The minimum Gasteiger partial charge on any atom is -0.476 e. The molecule has 1 aromatic carbocycles. The van der Waals surface area contributed by atoms with Crippen LogP contribution in [0.2, 0.25) is 0 Å². The first-order valence-electron chi connectivity index (χ1n) is 6.32. The van der Waals surface area contributed by atoms with Crippen molar-refractivity contribution >= 4 is 37.8 Å². The molecule has 0 fully saturated rings. The average molecular weight is 418 g/mol. The van der Waals surface area contributed by atoms with E-state index in [9.17, 15) is 9.90 Å². The van der Waals surface area contributed by atoms with Crippen molar-refractivity contribution in [2.24, 2.45) is 0 Å². The SMILES string of the molecule is Cc1cc(Br)c(-n2cc(CCCO)c(C(=O)O)n2)c(Br)c1. The van der Waals surface area contributed by atoms with Gasteiger partial charge in [-0.3, -0.25) is 0 Å². The van der Waals surface area contributed by atoms with Crippen LogP contribution in [0.4, 0.5) is 0 Å². The van der Waals surface area contributed by atoms with Crippen LogP contribution in [0, 0.1) is 6.92 Å². The predicted octanol–water partition coefficient (Wildman–Crippen LogP) is 3.33. The summed E-state index contributed by atoms with van der Waals surface area (Å²) >= 11 is 6.96. The number of aromatic carboxylic acids is 1. The molecule has 0 aliphatic carbocycles. The Bertz CT molecular complexity index is 660. The highest BCUT2D eigenvalue weighted by molar-refractivity contribution is 9.11. The predicted molar refractivity (Wildman–Crippen MR) is 86.1 cm³/mol. The standard InChI is InChI=1S/C14H14Br2N2O3/c1-8-5-10(15)13(11(16)6-8)18-7-9(3-2-4-19)12(17-18)14(20)21/h5-7,19H,2-4H2,1H3,(H,20,21). The molecule has 0 spiro atoms. The molecule has 1 heterocycles. The number of benzene rings is 1. The maximum absolute atomic E-state index is 11.3. The molecule has 0 saturated heterocycles. The highest BCUT2D eigenvalue weighted by Crippen LogP contribution is 2.31. The zero-order valence-electron chi connectivity index (χ0n) is 11.3. The third-order valence-electron chi connectivity index (χ3n) is 2.99. The molecule has 2 N–H and O–H groups in total. The fourth-order valence-corrected chi connectivity index (χ4v) is 3.85. The van der Waals surface area contributed by atoms with E-state index in [0.29, 0.717) is 18.4 Å². The van der Waals surface area contributed by atoms with E-state index in [0.717, 1.165) is 20.2 Å². The van der Waals surface area contributed by atoms with Gasteiger partial charge in [-0.25, -0.2) is 9.48 Å². The fraction of sp³-hybridized carbons (Fsp3) is 0.286. The van der Waals surface area contributed by atoms with Gasteiger partial charge in [0, 0.05) is 27.3 Å². The first-order valence-corrected chi connectivity index (χ1v) is 7.91. The quantitative estimate of drug-likeness (QED) is 0.782. The van der Waals surface area contributed by atoms with Gasteiger partial charge in [0.05, 0.1) is 5.69 Å². The molecule has 0 unspecified atom stereocenters. The van der Waals surface area contributed by atoms with Crippen LogP contribution in [0.25, 0.3) is 5.69 Å². The number of aliphatic hydroxyl groups is 1. The molecule has 7 heteroatoms. The van der Waals surface area contributed by atoms with Crippen molar-refractivity contribution in [3.63, 3.8) is 0 Å². The van der Waals surface area contributed by atoms with E-state index in [1.807, 2.05) is 19.1 Å². The van der Waals surface area contributed by atoms with Crippen LogP contribution in [0.3, 0.4) is 0 Å². The maximum Gasteiger partial charge on any atom is 0.356 e. The smallest absolute Gasteiger partial charge is 0.356 e. The van der Waals surface area contributed by atoms with Crippen molar-refractivity contribution in [1.29, 1.82) is 0 Å². The van der Waals surface area contributed by atoms with E-state index in [-0.39, 0.29) is 12.3 Å². The fourth-order valence-electron chi connectivity index (χ4n) is 2.07. The highest BCUT2D eigenvalue weighted by Gasteiger charge is 2.18. The Morgan fingerprint density at radius 1 is 1.33 bits per heavy atom. The van der Waals surface area contributed by atoms with Crippen LogP contribution in [-0.4, -0.2) is 32.6 Å². The lowest BCUT2D eigenvalue weighted by atomic mass is 10.1. The van der Waals surface area contributed by atoms with Crippen molar-refractivity contribution < 1.29 is 15.0 Å². The van der Waals surface area contributed by atoms with Gasteiger partial charge in [-0.15, -0.1) is 0 Å². The number of hydrogen-bond donors (Lipinski definition) is 2. The van der Waals surface area contributed by atoms with Crippen molar-refractivity contribution in [3.8, 4) is 5.69 Å². The molecule has 0 radical (unpaired) electrons. The molecule has 5 nitrogen and oxygen atoms in total. The zero-order valence-corrected chi connectivity index (χ0v) is 14.5. The Kier molecular flexibility index (Phi) is 5.18. The van der Waals surface area contributed by atoms with Gasteiger partial charge >= 0.3 is 5.97 Å². The summed E-state index contributed by atoms with van der Waals surface area (Å²) < 4.78 is 3.19. The minimum absolute atomic E-state index is 0.0160. The van der Waals surface area contributed by atoms with Gasteiger partial charge in [0.15, 0.2) is 5.69 Å². The molecule has 2 rings (SSSR count). The molecule has 2 aromatic rings. The van der Waals surface area contributed by atoms with Gasteiger partial charge in [-0.2, -0.15) is 5.10 Å². The molecule has 0 amide bonds. The van der Waals surface area contributed by atoms with Crippen molar-refractivity contribution in [1.82, 2.24) is 9.78 Å². The second kappa shape index (κ2) is 6.72. The summed E-state index contributed by atoms with van der Waals surface area (Å²) in [6, 6.07) is 3.88. The van der Waals surface area contributed by atoms with E-state index in [1.54, 1.807) is 10.9 Å². The summed E-state index contributed by atoms with van der Waals surface area (Å²) in [5.41, 5.74) is 2.45. The Balaban J connectivity index is 2.52. The lowest BCUT2D eigenvalue weighted by Gasteiger charge is -2.08. The molecule has 0 aliphatic rings. The second-order valence-electron chi connectivity index (χ2n) is 4.66. The van der Waals surface area contributed by atoms with Crippen molar-refractivity contribution in [2.45, 2.75) is 19.8 Å². The number of carbonyl (C=O) groups is 1. The molecule has 0 aliphatic heterocycles. The topological polar surface area (TPSA) is 75.4 Å². The Hall–Kier alpha value is -1.18. The summed E-state index contributed by atoms with van der Waals surface area (Å²) in [4.78, 5) is 11.3. The Labute approximate surface area is 138 Å². The molecule has 0 bridgehead atoms. The number of aromatic nitrogens is 2. The molecule has 0 atom stereocenters. The van der Waals surface area contributed by atoms with Crippen LogP contribution >= 0.6 is 31.9 Å². The molecular formula is C14H14Br2N2O3. The van der Waals surface area contributed by atoms with Gasteiger partial charge in [0.1, 0.15) is 0 Å². The summed E-state index contributed by atoms with van der Waals surface area (Å²) in [6.07, 6.45) is 2.67. The van der Waals surface area contributed by atoms with Crippen LogP contribution in [0.5, 0.6) is 0 Å². The lowest BCUT2D eigenvalue weighted by Crippen LogP contribution is -2.04. The molecule has 0 saturated carbocycles. The number of carboxylic acids is 1. The Morgan fingerprint density at radius 3 is 2.48 bits per heavy atom. The third kappa shape index (κ3) is 3.53. The number of carboxylic acid groups (broad SMARTS) is 1. The molecular weight excluding hydrogens is 404 g/mol. The van der Waals surface area contributed by atoms with Crippen LogP contribution in [0.1, 0.15) is 28.0 Å². The number of rotatable bonds is 5. The summed E-state index contributed by atoms with van der Waals surface area (Å²) in [5.74, 6) is -1.07. The van der Waals surface area contributed by atoms with Crippen LogP contribution in [-0.2, 0) is 6.42 Å². The number of nitrogens with zero attached hydrogens (tertiary/aromatic N) is 2. The van der Waals surface area contributed by atoms with Crippen molar-refractivity contribution in [2.75, 3.05) is 6.61 Å². The summed E-state index contributed by atoms with van der Waals surface area (Å²) in [5, 5.41) is 22.3. The normalized spacial score (nSPS) is 10.9. The minimum atomic E-state index is -1.07. The molecule has 1 aromatic heterocycles. The highest BCUT2D eigenvalue weighted by atomic mass is 79.9. The summed E-state index contributed by atoms with van der Waals surface area (Å²) in [6.45, 7) is 1.99. The first kappa shape index (κ1) is 16.2. The van der Waals surface area contributed by atoms with Gasteiger partial charge in [-0.1, -0.05) is 0 Å². The van der Waals surface area contributed by atoms with Gasteiger partial charge < -0.3 is 10.2 Å². The van der Waals surface area contributed by atoms with Gasteiger partial charge in [-0.05, 0) is 69.3 Å². The number of hydrogen-bond acceptors (Lipinski definition) is 3. The average Bonchev–Trinajstić information content (AvgIpc) is 2.79. The van der Waals surface area contributed by atoms with Crippen LogP contribution < -0.4 is 0 Å². The van der Waals surface area contributed by atoms with E-state index < -0.39 is 5.97 Å². The van der Waals surface area contributed by atoms with Gasteiger partial charge in [0.25, 0.3) is 0 Å². The van der Waals surface area contributed by atoms with Gasteiger partial charge in [0.2, 0.25) is 0 Å². The van der Waals surface area contributed by atoms with E-state index in [4.69, 9.17) is 5.11 Å². The zero-order chi connectivity index (χ0) is 15.6.